The van der Waals surface area contributed by atoms with E-state index in [0.717, 1.165) is 6.42 Å². The minimum atomic E-state index is -0.0652. The highest BCUT2D eigenvalue weighted by atomic mass is 16.2. The van der Waals surface area contributed by atoms with Gasteiger partial charge in [-0.05, 0) is 6.42 Å². The van der Waals surface area contributed by atoms with Crippen LogP contribution in [0.3, 0.4) is 0 Å². The molecule has 0 saturated carbocycles. The molecule has 0 unspecified atom stereocenters. The average Bonchev–Trinajstić information content (AvgIpc) is 2.13. The van der Waals surface area contributed by atoms with Gasteiger partial charge in [-0.15, -0.1) is 0 Å². The van der Waals surface area contributed by atoms with Crippen LogP contribution in [-0.2, 0) is 9.59 Å². The van der Waals surface area contributed by atoms with Crippen LogP contribution in [-0.4, -0.2) is 36.9 Å². The number of carbonyl (C=O) groups excluding carboxylic acids is 2. The molecule has 0 aromatic carbocycles. The molecule has 1 saturated heterocycles. The van der Waals surface area contributed by atoms with Gasteiger partial charge in [0.05, 0.1) is 6.54 Å². The van der Waals surface area contributed by atoms with Crippen LogP contribution >= 0.6 is 0 Å². The Bertz CT molecular complexity index is 147. The zero-order valence-electron chi connectivity index (χ0n) is 5.67. The Balaban J connectivity index is 2.45. The van der Waals surface area contributed by atoms with Gasteiger partial charge in [-0.1, -0.05) is 0 Å². The number of hydrogen-bond acceptors (Lipinski definition) is 2. The third kappa shape index (κ3) is 1.72. The molecule has 0 aliphatic carbocycles. The fourth-order valence-corrected chi connectivity index (χ4v) is 0.919. The molecular formula is C6H10N2O2. The summed E-state index contributed by atoms with van der Waals surface area (Å²) in [5.74, 6) is -0.0652. The van der Waals surface area contributed by atoms with E-state index in [-0.39, 0.29) is 12.5 Å². The van der Waals surface area contributed by atoms with Gasteiger partial charge in [-0.3, -0.25) is 9.59 Å². The molecule has 1 rings (SSSR count). The average molecular weight is 142 g/mol. The maximum absolute atomic E-state index is 10.7. The van der Waals surface area contributed by atoms with Crippen molar-refractivity contribution in [1.29, 1.82) is 0 Å². The first kappa shape index (κ1) is 7.05. The summed E-state index contributed by atoms with van der Waals surface area (Å²) in [5.41, 5.74) is 0. The zero-order chi connectivity index (χ0) is 7.40. The maximum Gasteiger partial charge on any atom is 0.239 e. The van der Waals surface area contributed by atoms with Crippen molar-refractivity contribution in [3.63, 3.8) is 0 Å². The summed E-state index contributed by atoms with van der Waals surface area (Å²) in [6.07, 6.45) is 1.56. The van der Waals surface area contributed by atoms with Crippen LogP contribution in [0.4, 0.5) is 0 Å². The maximum atomic E-state index is 10.7. The number of amides is 2. The minimum absolute atomic E-state index is 0.0652. The molecular weight excluding hydrogens is 132 g/mol. The Morgan fingerprint density at radius 1 is 1.60 bits per heavy atom. The monoisotopic (exact) mass is 142 g/mol. The molecule has 4 nitrogen and oxygen atoms in total. The van der Waals surface area contributed by atoms with Gasteiger partial charge in [-0.2, -0.15) is 0 Å². The molecule has 4 heteroatoms. The Labute approximate surface area is 59.2 Å². The van der Waals surface area contributed by atoms with Gasteiger partial charge in [0, 0.05) is 13.1 Å². The van der Waals surface area contributed by atoms with E-state index in [0.29, 0.717) is 19.5 Å². The summed E-state index contributed by atoms with van der Waals surface area (Å²) < 4.78 is 0. The number of carbonyl (C=O) groups is 2. The highest BCUT2D eigenvalue weighted by Gasteiger charge is 2.11. The Morgan fingerprint density at radius 2 is 2.40 bits per heavy atom. The van der Waals surface area contributed by atoms with Gasteiger partial charge < -0.3 is 10.2 Å². The normalized spacial score (nSPS) is 19.6. The molecule has 0 aromatic rings. The van der Waals surface area contributed by atoms with Crippen LogP contribution < -0.4 is 5.32 Å². The standard InChI is InChI=1S/C6H10N2O2/c9-5-8-3-1-2-7-6(10)4-8/h5H,1-4H2,(H,7,10). The largest absolute Gasteiger partial charge is 0.354 e. The number of rotatable bonds is 1. The second-order valence-corrected chi connectivity index (χ2v) is 2.28. The van der Waals surface area contributed by atoms with E-state index in [9.17, 15) is 9.59 Å². The van der Waals surface area contributed by atoms with Gasteiger partial charge in [-0.25, -0.2) is 0 Å². The molecule has 0 atom stereocenters. The lowest BCUT2D eigenvalue weighted by Crippen LogP contribution is -2.32. The molecule has 1 fully saturated rings. The lowest BCUT2D eigenvalue weighted by Gasteiger charge is -2.10. The molecule has 2 amide bonds. The Hall–Kier alpha value is -1.06. The van der Waals surface area contributed by atoms with Crippen LogP contribution in [0.5, 0.6) is 0 Å². The molecule has 1 heterocycles. The van der Waals surface area contributed by atoms with Crippen molar-refractivity contribution in [2.45, 2.75) is 6.42 Å². The minimum Gasteiger partial charge on any atom is -0.354 e. The van der Waals surface area contributed by atoms with Gasteiger partial charge in [0.1, 0.15) is 0 Å². The molecule has 0 bridgehead atoms. The molecule has 1 aliphatic rings. The second kappa shape index (κ2) is 3.20. The van der Waals surface area contributed by atoms with E-state index in [1.54, 1.807) is 0 Å². The smallest absolute Gasteiger partial charge is 0.239 e. The summed E-state index contributed by atoms with van der Waals surface area (Å²) in [7, 11) is 0. The molecule has 0 spiro atoms. The van der Waals surface area contributed by atoms with E-state index in [4.69, 9.17) is 0 Å². The molecule has 56 valence electrons. The third-order valence-corrected chi connectivity index (χ3v) is 1.44. The molecule has 1 N–H and O–H groups in total. The van der Waals surface area contributed by atoms with Crippen molar-refractivity contribution in [2.75, 3.05) is 19.6 Å². The highest BCUT2D eigenvalue weighted by molar-refractivity contribution is 5.80. The Kier molecular flexibility index (Phi) is 2.25. The molecule has 0 aromatic heterocycles. The fraction of sp³-hybridized carbons (Fsp3) is 0.667. The van der Waals surface area contributed by atoms with E-state index in [1.165, 1.54) is 4.90 Å². The molecule has 0 radical (unpaired) electrons. The quantitative estimate of drug-likeness (QED) is 0.476. The second-order valence-electron chi connectivity index (χ2n) is 2.28. The van der Waals surface area contributed by atoms with E-state index in [1.807, 2.05) is 0 Å². The predicted molar refractivity (Wildman–Crippen MR) is 35.3 cm³/mol. The summed E-state index contributed by atoms with van der Waals surface area (Å²) in [5, 5.41) is 2.67. The highest BCUT2D eigenvalue weighted by Crippen LogP contribution is 1.91. The topological polar surface area (TPSA) is 49.4 Å². The van der Waals surface area contributed by atoms with E-state index >= 15 is 0 Å². The summed E-state index contributed by atoms with van der Waals surface area (Å²) in [6, 6.07) is 0. The number of nitrogens with zero attached hydrogens (tertiary/aromatic N) is 1. The lowest BCUT2D eigenvalue weighted by atomic mass is 10.4. The van der Waals surface area contributed by atoms with Crippen molar-refractivity contribution in [3.8, 4) is 0 Å². The first-order chi connectivity index (χ1) is 4.83. The third-order valence-electron chi connectivity index (χ3n) is 1.44. The predicted octanol–water partition coefficient (Wildman–Crippen LogP) is -1.04. The van der Waals surface area contributed by atoms with Crippen molar-refractivity contribution >= 4 is 12.3 Å². The van der Waals surface area contributed by atoms with Gasteiger partial charge >= 0.3 is 0 Å². The van der Waals surface area contributed by atoms with Crippen LogP contribution in [0, 0.1) is 0 Å². The number of nitrogens with one attached hydrogen (secondary N) is 1. The van der Waals surface area contributed by atoms with Gasteiger partial charge in [0.25, 0.3) is 0 Å². The van der Waals surface area contributed by atoms with Crippen LogP contribution in [0.25, 0.3) is 0 Å². The van der Waals surface area contributed by atoms with Crippen LogP contribution in [0.2, 0.25) is 0 Å². The first-order valence-electron chi connectivity index (χ1n) is 3.29. The number of hydrogen-bond donors (Lipinski definition) is 1. The molecule has 10 heavy (non-hydrogen) atoms. The van der Waals surface area contributed by atoms with Crippen LogP contribution in [0.1, 0.15) is 6.42 Å². The van der Waals surface area contributed by atoms with Crippen molar-refractivity contribution in [2.24, 2.45) is 0 Å². The van der Waals surface area contributed by atoms with Crippen molar-refractivity contribution in [1.82, 2.24) is 10.2 Å². The fourth-order valence-electron chi connectivity index (χ4n) is 0.919. The van der Waals surface area contributed by atoms with Crippen molar-refractivity contribution < 1.29 is 9.59 Å². The Morgan fingerprint density at radius 3 is 3.10 bits per heavy atom. The van der Waals surface area contributed by atoms with Crippen LogP contribution in [0.15, 0.2) is 0 Å². The SMILES string of the molecule is O=CN1CCCNC(=O)C1. The first-order valence-corrected chi connectivity index (χ1v) is 3.29. The summed E-state index contributed by atoms with van der Waals surface area (Å²) in [6.45, 7) is 1.58. The molecule has 1 aliphatic heterocycles. The van der Waals surface area contributed by atoms with E-state index in [2.05, 4.69) is 5.32 Å². The van der Waals surface area contributed by atoms with Crippen molar-refractivity contribution in [3.05, 3.63) is 0 Å². The van der Waals surface area contributed by atoms with Gasteiger partial charge in [0.2, 0.25) is 12.3 Å². The summed E-state index contributed by atoms with van der Waals surface area (Å²) >= 11 is 0. The van der Waals surface area contributed by atoms with E-state index < -0.39 is 0 Å². The zero-order valence-corrected chi connectivity index (χ0v) is 5.67. The summed E-state index contributed by atoms with van der Waals surface area (Å²) in [4.78, 5) is 22.4. The van der Waals surface area contributed by atoms with Gasteiger partial charge in [0.15, 0.2) is 0 Å². The lowest BCUT2D eigenvalue weighted by molar-refractivity contribution is -0.126.